The summed E-state index contributed by atoms with van der Waals surface area (Å²) in [5.41, 5.74) is 7.78. The van der Waals surface area contributed by atoms with Crippen LogP contribution in [-0.2, 0) is 0 Å². The summed E-state index contributed by atoms with van der Waals surface area (Å²) in [6, 6.07) is 5.48. The number of fused-ring (bicyclic) bond motifs is 2. The summed E-state index contributed by atoms with van der Waals surface area (Å²) in [5, 5.41) is 0.927. The maximum Gasteiger partial charge on any atom is 0.263 e. The smallest absolute Gasteiger partial charge is 0.263 e. The van der Waals surface area contributed by atoms with Crippen molar-refractivity contribution in [3.63, 3.8) is 0 Å². The summed E-state index contributed by atoms with van der Waals surface area (Å²) in [4.78, 5) is 36.6. The number of H-pyrrole nitrogens is 1. The van der Waals surface area contributed by atoms with E-state index in [0.29, 0.717) is 32.9 Å². The zero-order chi connectivity index (χ0) is 20.4. The molecule has 3 N–H and O–H groups in total. The van der Waals surface area contributed by atoms with Crippen LogP contribution in [0, 0.1) is 0 Å². The molecule has 1 unspecified atom stereocenters. The molecule has 152 valence electrons. The molecule has 6 rings (SSSR count). The zero-order valence-corrected chi connectivity index (χ0v) is 16.8. The highest BCUT2D eigenvalue weighted by molar-refractivity contribution is 6.35. The molecule has 2 aliphatic rings. The lowest BCUT2D eigenvalue weighted by Gasteiger charge is -2.27. The van der Waals surface area contributed by atoms with Crippen molar-refractivity contribution in [3.05, 3.63) is 45.7 Å². The molecule has 30 heavy (non-hydrogen) atoms. The summed E-state index contributed by atoms with van der Waals surface area (Å²) < 4.78 is 1.85. The highest BCUT2D eigenvalue weighted by atomic mass is 35.5. The molecule has 4 heterocycles. The highest BCUT2D eigenvalue weighted by Gasteiger charge is 2.37. The Morgan fingerprint density at radius 1 is 1.17 bits per heavy atom. The van der Waals surface area contributed by atoms with Gasteiger partial charge in [0, 0.05) is 12.6 Å². The number of rotatable bonds is 3. The largest absolute Gasteiger partial charge is 0.368 e. The standard InChI is InChI=1S/C20H19ClN8O/c21-11-3-1-4-12-14(11)19(30)29(10-6-7-10)17(25-12)13-5-2-8-28(13)18-15-16(24-9-23-15)26-20(22)27-18/h1,3-4,9-10,13H,2,5-8H2,(H3,22,23,24,26,27). The lowest BCUT2D eigenvalue weighted by atomic mass is 10.1. The number of aromatic nitrogens is 6. The van der Waals surface area contributed by atoms with Crippen LogP contribution < -0.4 is 16.2 Å². The number of hydrogen-bond donors (Lipinski definition) is 2. The van der Waals surface area contributed by atoms with Crippen molar-refractivity contribution in [2.75, 3.05) is 17.2 Å². The second-order valence-electron chi connectivity index (χ2n) is 7.87. The number of nitrogens with two attached hydrogens (primary N) is 1. The molecule has 10 heteroatoms. The summed E-state index contributed by atoms with van der Waals surface area (Å²) in [5.74, 6) is 1.62. The molecular formula is C20H19ClN8O. The van der Waals surface area contributed by atoms with E-state index < -0.39 is 0 Å². The number of nitrogens with zero attached hydrogens (tertiary/aromatic N) is 6. The van der Waals surface area contributed by atoms with Gasteiger partial charge in [0.05, 0.1) is 28.3 Å². The molecule has 0 bridgehead atoms. The van der Waals surface area contributed by atoms with E-state index in [-0.39, 0.29) is 23.6 Å². The van der Waals surface area contributed by atoms with Gasteiger partial charge in [-0.25, -0.2) is 9.97 Å². The van der Waals surface area contributed by atoms with E-state index in [1.165, 1.54) is 0 Å². The van der Waals surface area contributed by atoms with Gasteiger partial charge in [0.25, 0.3) is 5.56 Å². The van der Waals surface area contributed by atoms with Crippen molar-refractivity contribution in [1.82, 2.24) is 29.5 Å². The fraction of sp³-hybridized carbons (Fsp3) is 0.350. The first kappa shape index (κ1) is 17.6. The number of nitrogen functional groups attached to an aromatic ring is 1. The normalized spacial score (nSPS) is 19.2. The third-order valence-electron chi connectivity index (χ3n) is 5.92. The van der Waals surface area contributed by atoms with Gasteiger partial charge in [-0.3, -0.25) is 9.36 Å². The van der Waals surface area contributed by atoms with Gasteiger partial charge in [0.15, 0.2) is 17.0 Å². The quantitative estimate of drug-likeness (QED) is 0.520. The topological polar surface area (TPSA) is 119 Å². The van der Waals surface area contributed by atoms with Gasteiger partial charge in [-0.15, -0.1) is 0 Å². The molecule has 4 aromatic rings. The Bertz CT molecular complexity index is 1360. The molecule has 9 nitrogen and oxygen atoms in total. The Morgan fingerprint density at radius 2 is 2.03 bits per heavy atom. The summed E-state index contributed by atoms with van der Waals surface area (Å²) in [6.07, 6.45) is 5.35. The van der Waals surface area contributed by atoms with Gasteiger partial charge in [-0.2, -0.15) is 9.97 Å². The number of hydrogen-bond acceptors (Lipinski definition) is 7. The number of benzene rings is 1. The van der Waals surface area contributed by atoms with Crippen molar-refractivity contribution >= 4 is 45.4 Å². The van der Waals surface area contributed by atoms with Crippen molar-refractivity contribution in [2.45, 2.75) is 37.8 Å². The minimum atomic E-state index is -0.101. The molecule has 1 aliphatic carbocycles. The molecule has 0 spiro atoms. The minimum Gasteiger partial charge on any atom is -0.368 e. The van der Waals surface area contributed by atoms with E-state index >= 15 is 0 Å². The molecule has 3 aromatic heterocycles. The predicted octanol–water partition coefficient (Wildman–Crippen LogP) is 2.97. The van der Waals surface area contributed by atoms with E-state index in [1.807, 2.05) is 16.7 Å². The molecule has 1 saturated heterocycles. The average Bonchev–Trinajstić information content (AvgIpc) is 3.24. The van der Waals surface area contributed by atoms with E-state index in [9.17, 15) is 4.79 Å². The Balaban J connectivity index is 1.57. The van der Waals surface area contributed by atoms with Gasteiger partial charge in [-0.05, 0) is 37.8 Å². The Morgan fingerprint density at radius 3 is 2.87 bits per heavy atom. The maximum absolute atomic E-state index is 13.4. The maximum atomic E-state index is 13.4. The van der Waals surface area contributed by atoms with Gasteiger partial charge in [0.1, 0.15) is 5.82 Å². The Hall–Kier alpha value is -3.20. The monoisotopic (exact) mass is 422 g/mol. The van der Waals surface area contributed by atoms with Gasteiger partial charge in [-0.1, -0.05) is 17.7 Å². The van der Waals surface area contributed by atoms with Crippen molar-refractivity contribution in [1.29, 1.82) is 0 Å². The van der Waals surface area contributed by atoms with E-state index in [1.54, 1.807) is 12.4 Å². The molecule has 2 fully saturated rings. The average molecular weight is 423 g/mol. The van der Waals surface area contributed by atoms with Crippen molar-refractivity contribution in [2.24, 2.45) is 0 Å². The fourth-order valence-corrected chi connectivity index (χ4v) is 4.72. The van der Waals surface area contributed by atoms with Gasteiger partial charge >= 0.3 is 0 Å². The van der Waals surface area contributed by atoms with Crippen LogP contribution in [0.3, 0.4) is 0 Å². The second kappa shape index (κ2) is 6.40. The first-order chi connectivity index (χ1) is 14.6. The van der Waals surface area contributed by atoms with Gasteiger partial charge < -0.3 is 15.6 Å². The SMILES string of the molecule is Nc1nc(N2CCCC2c2nc3cccc(Cl)c3c(=O)n2C2CC2)c2nc[nH]c2n1. The van der Waals surface area contributed by atoms with Crippen LogP contribution in [0.1, 0.15) is 43.6 Å². The molecule has 1 saturated carbocycles. The fourth-order valence-electron chi connectivity index (χ4n) is 4.47. The van der Waals surface area contributed by atoms with Crippen molar-refractivity contribution < 1.29 is 0 Å². The number of imidazole rings is 1. The van der Waals surface area contributed by atoms with Crippen LogP contribution >= 0.6 is 11.6 Å². The predicted molar refractivity (Wildman–Crippen MR) is 115 cm³/mol. The first-order valence-electron chi connectivity index (χ1n) is 10.1. The third kappa shape index (κ3) is 2.58. The minimum absolute atomic E-state index is 0.0675. The molecule has 1 aromatic carbocycles. The van der Waals surface area contributed by atoms with E-state index in [4.69, 9.17) is 22.3 Å². The Labute approximate surface area is 175 Å². The third-order valence-corrected chi connectivity index (χ3v) is 6.23. The van der Waals surface area contributed by atoms with Gasteiger partial charge in [0.2, 0.25) is 5.95 Å². The van der Waals surface area contributed by atoms with Crippen LogP contribution in [0.25, 0.3) is 22.1 Å². The highest BCUT2D eigenvalue weighted by Crippen LogP contribution is 2.41. The van der Waals surface area contributed by atoms with E-state index in [2.05, 4.69) is 24.8 Å². The second-order valence-corrected chi connectivity index (χ2v) is 8.27. The van der Waals surface area contributed by atoms with Crippen LogP contribution in [0.5, 0.6) is 0 Å². The molecule has 0 amide bonds. The first-order valence-corrected chi connectivity index (χ1v) is 10.4. The summed E-state index contributed by atoms with van der Waals surface area (Å²) >= 11 is 6.36. The van der Waals surface area contributed by atoms with Crippen LogP contribution in [0.4, 0.5) is 11.8 Å². The number of nitrogens with one attached hydrogen (secondary N) is 1. The molecule has 0 radical (unpaired) electrons. The number of halogens is 1. The van der Waals surface area contributed by atoms with Crippen LogP contribution in [0.15, 0.2) is 29.3 Å². The lowest BCUT2D eigenvalue weighted by Crippen LogP contribution is -2.32. The van der Waals surface area contributed by atoms with Crippen molar-refractivity contribution in [3.8, 4) is 0 Å². The molecule has 1 atom stereocenters. The number of anilines is 2. The molecular weight excluding hydrogens is 404 g/mol. The summed E-state index contributed by atoms with van der Waals surface area (Å²) in [7, 11) is 0. The Kier molecular flexibility index (Phi) is 3.76. The lowest BCUT2D eigenvalue weighted by molar-refractivity contribution is 0.565. The molecule has 1 aliphatic heterocycles. The van der Waals surface area contributed by atoms with Crippen LogP contribution in [0.2, 0.25) is 5.02 Å². The van der Waals surface area contributed by atoms with E-state index in [0.717, 1.165) is 38.1 Å². The summed E-state index contributed by atoms with van der Waals surface area (Å²) in [6.45, 7) is 0.775. The number of aromatic amines is 1. The van der Waals surface area contributed by atoms with Crippen LogP contribution in [-0.4, -0.2) is 36.0 Å². The zero-order valence-electron chi connectivity index (χ0n) is 16.0.